The SMILES string of the molecule is O=C(O)C1CN(S(=O)(=O)c2cccc3c(Cl)nc(Cl)cc23)C1. The number of benzene rings is 1. The van der Waals surface area contributed by atoms with E-state index in [-0.39, 0.29) is 28.3 Å². The molecule has 3 rings (SSSR count). The van der Waals surface area contributed by atoms with Gasteiger partial charge in [-0.15, -0.1) is 0 Å². The Bertz CT molecular complexity index is 879. The molecular weight excluding hydrogens is 351 g/mol. The lowest BCUT2D eigenvalue weighted by Gasteiger charge is -2.35. The zero-order valence-electron chi connectivity index (χ0n) is 11.0. The molecule has 2 aromatic rings. The second kappa shape index (κ2) is 5.34. The Kier molecular flexibility index (Phi) is 3.76. The second-order valence-corrected chi connectivity index (χ2v) is 7.60. The van der Waals surface area contributed by atoms with Crippen LogP contribution in [0, 0.1) is 5.92 Å². The highest BCUT2D eigenvalue weighted by molar-refractivity contribution is 7.89. The van der Waals surface area contributed by atoms with Crippen molar-refractivity contribution in [3.63, 3.8) is 0 Å². The van der Waals surface area contributed by atoms with Gasteiger partial charge in [0.15, 0.2) is 0 Å². The van der Waals surface area contributed by atoms with Gasteiger partial charge in [-0.3, -0.25) is 4.79 Å². The Hall–Kier alpha value is -1.41. The molecule has 2 heterocycles. The van der Waals surface area contributed by atoms with Gasteiger partial charge in [-0.2, -0.15) is 4.31 Å². The Labute approximate surface area is 136 Å². The molecule has 1 aliphatic rings. The van der Waals surface area contributed by atoms with Crippen LogP contribution in [0.5, 0.6) is 0 Å². The lowest BCUT2D eigenvalue weighted by molar-refractivity contribution is -0.145. The summed E-state index contributed by atoms with van der Waals surface area (Å²) in [4.78, 5) is 14.8. The van der Waals surface area contributed by atoms with Crippen LogP contribution in [0.1, 0.15) is 0 Å². The summed E-state index contributed by atoms with van der Waals surface area (Å²) < 4.78 is 26.4. The first kappa shape index (κ1) is 15.5. The minimum atomic E-state index is -3.80. The van der Waals surface area contributed by atoms with E-state index in [1.54, 1.807) is 12.1 Å². The van der Waals surface area contributed by atoms with E-state index >= 15 is 0 Å². The summed E-state index contributed by atoms with van der Waals surface area (Å²) in [5.41, 5.74) is 0. The predicted octanol–water partition coefficient (Wildman–Crippen LogP) is 2.25. The number of hydrogen-bond donors (Lipinski definition) is 1. The molecule has 1 aromatic carbocycles. The van der Waals surface area contributed by atoms with Gasteiger partial charge in [0.2, 0.25) is 10.0 Å². The van der Waals surface area contributed by atoms with Gasteiger partial charge < -0.3 is 5.11 Å². The normalized spacial score (nSPS) is 16.6. The zero-order chi connectivity index (χ0) is 16.1. The highest BCUT2D eigenvalue weighted by Gasteiger charge is 2.41. The third-order valence-corrected chi connectivity index (χ3v) is 5.94. The lowest BCUT2D eigenvalue weighted by Crippen LogP contribution is -2.52. The Morgan fingerprint density at radius 3 is 2.59 bits per heavy atom. The van der Waals surface area contributed by atoms with Gasteiger partial charge in [0.05, 0.1) is 10.8 Å². The quantitative estimate of drug-likeness (QED) is 0.848. The number of aliphatic carboxylic acids is 1. The van der Waals surface area contributed by atoms with Crippen molar-refractivity contribution in [3.8, 4) is 0 Å². The smallest absolute Gasteiger partial charge is 0.309 e. The average Bonchev–Trinajstić information content (AvgIpc) is 2.34. The molecule has 1 saturated heterocycles. The van der Waals surface area contributed by atoms with Crippen LogP contribution < -0.4 is 0 Å². The van der Waals surface area contributed by atoms with E-state index in [0.29, 0.717) is 10.8 Å². The number of carbonyl (C=O) groups is 1. The maximum atomic E-state index is 12.6. The van der Waals surface area contributed by atoms with Crippen LogP contribution >= 0.6 is 23.2 Å². The summed E-state index contributed by atoms with van der Waals surface area (Å²) in [7, 11) is -3.80. The van der Waals surface area contributed by atoms with E-state index in [1.807, 2.05) is 0 Å². The highest BCUT2D eigenvalue weighted by atomic mass is 35.5. The predicted molar refractivity (Wildman–Crippen MR) is 81.6 cm³/mol. The van der Waals surface area contributed by atoms with Gasteiger partial charge in [0, 0.05) is 23.9 Å². The van der Waals surface area contributed by atoms with Crippen LogP contribution in [0.25, 0.3) is 10.8 Å². The van der Waals surface area contributed by atoms with Crippen molar-refractivity contribution in [3.05, 3.63) is 34.6 Å². The summed E-state index contributed by atoms with van der Waals surface area (Å²) in [5, 5.41) is 9.92. The fourth-order valence-electron chi connectivity index (χ4n) is 2.33. The molecule has 0 bridgehead atoms. The number of carboxylic acid groups (broad SMARTS) is 1. The minimum Gasteiger partial charge on any atom is -0.481 e. The molecule has 0 saturated carbocycles. The summed E-state index contributed by atoms with van der Waals surface area (Å²) >= 11 is 11.9. The summed E-state index contributed by atoms with van der Waals surface area (Å²) in [6.45, 7) is -0.0821. The Balaban J connectivity index is 2.09. The molecule has 116 valence electrons. The molecule has 6 nitrogen and oxygen atoms in total. The zero-order valence-corrected chi connectivity index (χ0v) is 13.4. The number of sulfonamides is 1. The summed E-state index contributed by atoms with van der Waals surface area (Å²) in [6, 6.07) is 6.09. The van der Waals surface area contributed by atoms with Crippen molar-refractivity contribution in [2.75, 3.05) is 13.1 Å². The van der Waals surface area contributed by atoms with Crippen LogP contribution in [0.4, 0.5) is 0 Å². The number of hydrogen-bond acceptors (Lipinski definition) is 4. The van der Waals surface area contributed by atoms with E-state index in [0.717, 1.165) is 4.31 Å². The molecule has 0 unspecified atom stereocenters. The van der Waals surface area contributed by atoms with Crippen molar-refractivity contribution in [2.45, 2.75) is 4.90 Å². The van der Waals surface area contributed by atoms with Gasteiger partial charge in [-0.05, 0) is 12.1 Å². The summed E-state index contributed by atoms with van der Waals surface area (Å²) in [5.74, 6) is -1.67. The maximum Gasteiger partial charge on any atom is 0.309 e. The molecule has 22 heavy (non-hydrogen) atoms. The molecule has 0 aliphatic carbocycles. The number of nitrogens with zero attached hydrogens (tertiary/aromatic N) is 2. The molecule has 0 atom stereocenters. The highest BCUT2D eigenvalue weighted by Crippen LogP contribution is 2.33. The van der Waals surface area contributed by atoms with Crippen molar-refractivity contribution in [1.29, 1.82) is 0 Å². The standard InChI is InChI=1S/C13H10Cl2N2O4S/c14-11-4-9-8(12(15)16-11)2-1-3-10(9)22(20,21)17-5-7(6-17)13(18)19/h1-4,7H,5-6H2,(H,18,19). The third-order valence-electron chi connectivity index (χ3n) is 3.57. The molecule has 0 spiro atoms. The number of pyridine rings is 1. The van der Waals surface area contributed by atoms with E-state index in [9.17, 15) is 13.2 Å². The minimum absolute atomic E-state index is 0.0411. The van der Waals surface area contributed by atoms with E-state index < -0.39 is 21.9 Å². The molecule has 1 aliphatic heterocycles. The van der Waals surface area contributed by atoms with Crippen LogP contribution in [-0.4, -0.2) is 41.9 Å². The van der Waals surface area contributed by atoms with Crippen LogP contribution in [-0.2, 0) is 14.8 Å². The topological polar surface area (TPSA) is 87.6 Å². The molecule has 1 fully saturated rings. The van der Waals surface area contributed by atoms with Crippen molar-refractivity contribution in [2.24, 2.45) is 5.92 Å². The van der Waals surface area contributed by atoms with Crippen molar-refractivity contribution < 1.29 is 18.3 Å². The van der Waals surface area contributed by atoms with Gasteiger partial charge >= 0.3 is 5.97 Å². The molecule has 9 heteroatoms. The molecular formula is C13H10Cl2N2O4S. The summed E-state index contributed by atoms with van der Waals surface area (Å²) in [6.07, 6.45) is 0. The number of carboxylic acids is 1. The Morgan fingerprint density at radius 2 is 1.95 bits per heavy atom. The number of halogens is 2. The van der Waals surface area contributed by atoms with Crippen LogP contribution in [0.2, 0.25) is 10.3 Å². The van der Waals surface area contributed by atoms with E-state index in [4.69, 9.17) is 28.3 Å². The lowest BCUT2D eigenvalue weighted by atomic mass is 10.0. The fourth-order valence-corrected chi connectivity index (χ4v) is 4.55. The first-order valence-electron chi connectivity index (χ1n) is 6.28. The third kappa shape index (κ3) is 2.44. The average molecular weight is 361 g/mol. The number of rotatable bonds is 3. The molecule has 1 aromatic heterocycles. The molecule has 0 amide bonds. The number of fused-ring (bicyclic) bond motifs is 1. The van der Waals surface area contributed by atoms with Gasteiger partial charge in [0.1, 0.15) is 10.3 Å². The monoisotopic (exact) mass is 360 g/mol. The van der Waals surface area contributed by atoms with Crippen molar-refractivity contribution in [1.82, 2.24) is 9.29 Å². The first-order valence-corrected chi connectivity index (χ1v) is 8.48. The van der Waals surface area contributed by atoms with Crippen LogP contribution in [0.3, 0.4) is 0 Å². The number of aromatic nitrogens is 1. The van der Waals surface area contributed by atoms with Crippen LogP contribution in [0.15, 0.2) is 29.2 Å². The largest absolute Gasteiger partial charge is 0.481 e. The fraction of sp³-hybridized carbons (Fsp3) is 0.231. The van der Waals surface area contributed by atoms with E-state index in [2.05, 4.69) is 4.98 Å². The van der Waals surface area contributed by atoms with Gasteiger partial charge in [0.25, 0.3) is 0 Å². The first-order chi connectivity index (χ1) is 10.3. The van der Waals surface area contributed by atoms with Crippen molar-refractivity contribution >= 4 is 50.0 Å². The molecule has 0 radical (unpaired) electrons. The maximum absolute atomic E-state index is 12.6. The Morgan fingerprint density at radius 1 is 1.27 bits per heavy atom. The molecule has 1 N–H and O–H groups in total. The van der Waals surface area contributed by atoms with Gasteiger partial charge in [-0.1, -0.05) is 35.3 Å². The van der Waals surface area contributed by atoms with Gasteiger partial charge in [-0.25, -0.2) is 13.4 Å². The van der Waals surface area contributed by atoms with E-state index in [1.165, 1.54) is 12.1 Å². The second-order valence-electron chi connectivity index (χ2n) is 4.94.